The standard InChI is InChI=1S/C11H23NO5S/c1-9(2)6-10(7-11(13)14)8-12-18(15,16)5-4-17-3/h9-10,12H,4-8H2,1-3H3,(H,13,14). The number of hydrogen-bond donors (Lipinski definition) is 2. The molecule has 0 aromatic rings. The predicted molar refractivity (Wildman–Crippen MR) is 68.9 cm³/mol. The molecule has 0 saturated carbocycles. The summed E-state index contributed by atoms with van der Waals surface area (Å²) in [6.07, 6.45) is 0.657. The molecule has 0 amide bonds. The van der Waals surface area contributed by atoms with Crippen LogP contribution in [0, 0.1) is 11.8 Å². The Kier molecular flexibility index (Phi) is 8.13. The maximum absolute atomic E-state index is 11.5. The van der Waals surface area contributed by atoms with Gasteiger partial charge in [0.05, 0.1) is 12.4 Å². The molecule has 1 atom stereocenters. The average Bonchev–Trinajstić information content (AvgIpc) is 2.22. The molecule has 7 heteroatoms. The zero-order chi connectivity index (χ0) is 14.2. The van der Waals surface area contributed by atoms with Gasteiger partial charge in [0.15, 0.2) is 0 Å². The number of aliphatic carboxylic acids is 1. The van der Waals surface area contributed by atoms with Crippen LogP contribution < -0.4 is 4.72 Å². The lowest BCUT2D eigenvalue weighted by atomic mass is 9.94. The second-order valence-corrected chi connectivity index (χ2v) is 6.68. The van der Waals surface area contributed by atoms with Crippen LogP contribution in [-0.2, 0) is 19.6 Å². The fourth-order valence-corrected chi connectivity index (χ4v) is 2.68. The van der Waals surface area contributed by atoms with Gasteiger partial charge in [-0.05, 0) is 18.3 Å². The number of hydrogen-bond acceptors (Lipinski definition) is 4. The van der Waals surface area contributed by atoms with Crippen LogP contribution in [-0.4, -0.2) is 45.5 Å². The molecular weight excluding hydrogens is 258 g/mol. The predicted octanol–water partition coefficient (Wildman–Crippen LogP) is 0.689. The maximum Gasteiger partial charge on any atom is 0.303 e. The van der Waals surface area contributed by atoms with Gasteiger partial charge in [-0.3, -0.25) is 4.79 Å². The molecule has 0 rings (SSSR count). The number of rotatable bonds is 10. The second kappa shape index (κ2) is 8.44. The zero-order valence-electron chi connectivity index (χ0n) is 11.2. The maximum atomic E-state index is 11.5. The van der Waals surface area contributed by atoms with Crippen LogP contribution >= 0.6 is 0 Å². The van der Waals surface area contributed by atoms with Crippen molar-refractivity contribution in [2.45, 2.75) is 26.7 Å². The van der Waals surface area contributed by atoms with E-state index in [0.717, 1.165) is 0 Å². The van der Waals surface area contributed by atoms with E-state index >= 15 is 0 Å². The highest BCUT2D eigenvalue weighted by atomic mass is 32.2. The first-order valence-electron chi connectivity index (χ1n) is 5.95. The normalized spacial score (nSPS) is 13.8. The Hall–Kier alpha value is -0.660. The molecule has 0 fully saturated rings. The van der Waals surface area contributed by atoms with Crippen LogP contribution in [0.15, 0.2) is 0 Å². The molecule has 0 heterocycles. The van der Waals surface area contributed by atoms with Gasteiger partial charge in [-0.25, -0.2) is 13.1 Å². The highest BCUT2D eigenvalue weighted by molar-refractivity contribution is 7.89. The molecule has 6 nitrogen and oxygen atoms in total. The first-order chi connectivity index (χ1) is 8.26. The Morgan fingerprint density at radius 2 is 2.00 bits per heavy atom. The van der Waals surface area contributed by atoms with Crippen LogP contribution in [0.1, 0.15) is 26.7 Å². The molecule has 18 heavy (non-hydrogen) atoms. The van der Waals surface area contributed by atoms with E-state index in [1.807, 2.05) is 13.8 Å². The van der Waals surface area contributed by atoms with Crippen molar-refractivity contribution in [2.75, 3.05) is 26.0 Å². The number of ether oxygens (including phenoxy) is 1. The molecule has 1 unspecified atom stereocenters. The number of carboxylic acid groups (broad SMARTS) is 1. The Morgan fingerprint density at radius 3 is 2.44 bits per heavy atom. The van der Waals surface area contributed by atoms with Gasteiger partial charge in [0.25, 0.3) is 0 Å². The Balaban J connectivity index is 4.28. The largest absolute Gasteiger partial charge is 0.481 e. The van der Waals surface area contributed by atoms with Gasteiger partial charge >= 0.3 is 5.97 Å². The average molecular weight is 281 g/mol. The summed E-state index contributed by atoms with van der Waals surface area (Å²) in [4.78, 5) is 10.7. The van der Waals surface area contributed by atoms with Crippen molar-refractivity contribution in [2.24, 2.45) is 11.8 Å². The molecule has 2 N–H and O–H groups in total. The summed E-state index contributed by atoms with van der Waals surface area (Å²) in [6, 6.07) is 0. The van der Waals surface area contributed by atoms with E-state index in [1.165, 1.54) is 7.11 Å². The summed E-state index contributed by atoms with van der Waals surface area (Å²) in [5, 5.41) is 8.77. The summed E-state index contributed by atoms with van der Waals surface area (Å²) in [5.41, 5.74) is 0. The molecular formula is C11H23NO5S. The van der Waals surface area contributed by atoms with Gasteiger partial charge in [0.1, 0.15) is 0 Å². The Labute approximate surface area is 109 Å². The van der Waals surface area contributed by atoms with Crippen molar-refractivity contribution in [1.29, 1.82) is 0 Å². The number of carbonyl (C=O) groups is 1. The van der Waals surface area contributed by atoms with E-state index < -0.39 is 16.0 Å². The van der Waals surface area contributed by atoms with Gasteiger partial charge in [0, 0.05) is 20.1 Å². The topological polar surface area (TPSA) is 92.7 Å². The van der Waals surface area contributed by atoms with Gasteiger partial charge < -0.3 is 9.84 Å². The van der Waals surface area contributed by atoms with E-state index in [1.54, 1.807) is 0 Å². The molecule has 0 saturated heterocycles. The highest BCUT2D eigenvalue weighted by Gasteiger charge is 2.18. The van der Waals surface area contributed by atoms with Crippen LogP contribution in [0.5, 0.6) is 0 Å². The number of methoxy groups -OCH3 is 1. The molecule has 0 spiro atoms. The van der Waals surface area contributed by atoms with Crippen molar-refractivity contribution in [3.8, 4) is 0 Å². The minimum absolute atomic E-state index is 0.0228. The summed E-state index contributed by atoms with van der Waals surface area (Å²) < 4.78 is 30.2. The highest BCUT2D eigenvalue weighted by Crippen LogP contribution is 2.15. The molecule has 0 aliphatic heterocycles. The molecule has 0 aliphatic rings. The minimum Gasteiger partial charge on any atom is -0.481 e. The fraction of sp³-hybridized carbons (Fsp3) is 0.909. The van der Waals surface area contributed by atoms with Crippen molar-refractivity contribution in [3.63, 3.8) is 0 Å². The van der Waals surface area contributed by atoms with Gasteiger partial charge in [-0.1, -0.05) is 13.8 Å². The lowest BCUT2D eigenvalue weighted by Crippen LogP contribution is -2.33. The molecule has 0 bridgehead atoms. The quantitative estimate of drug-likeness (QED) is 0.614. The monoisotopic (exact) mass is 281 g/mol. The summed E-state index contributed by atoms with van der Waals surface area (Å²) in [7, 11) is -1.95. The SMILES string of the molecule is COCCS(=O)(=O)NCC(CC(=O)O)CC(C)C. The van der Waals surface area contributed by atoms with E-state index in [0.29, 0.717) is 12.3 Å². The number of sulfonamides is 1. The first-order valence-corrected chi connectivity index (χ1v) is 7.60. The Morgan fingerprint density at radius 1 is 1.39 bits per heavy atom. The van der Waals surface area contributed by atoms with Crippen LogP contribution in [0.3, 0.4) is 0 Å². The lowest BCUT2D eigenvalue weighted by Gasteiger charge is -2.17. The molecule has 0 aliphatic carbocycles. The lowest BCUT2D eigenvalue weighted by molar-refractivity contribution is -0.138. The molecule has 0 aromatic heterocycles. The van der Waals surface area contributed by atoms with E-state index in [2.05, 4.69) is 4.72 Å². The third-order valence-corrected chi connectivity index (χ3v) is 3.73. The van der Waals surface area contributed by atoms with E-state index in [-0.39, 0.29) is 31.2 Å². The summed E-state index contributed by atoms with van der Waals surface area (Å²) in [6.45, 7) is 4.25. The molecule has 0 radical (unpaired) electrons. The summed E-state index contributed by atoms with van der Waals surface area (Å²) >= 11 is 0. The Bertz CT molecular complexity index is 339. The van der Waals surface area contributed by atoms with Gasteiger partial charge in [0.2, 0.25) is 10.0 Å². The van der Waals surface area contributed by atoms with Gasteiger partial charge in [-0.15, -0.1) is 0 Å². The van der Waals surface area contributed by atoms with E-state index in [9.17, 15) is 13.2 Å². The second-order valence-electron chi connectivity index (χ2n) is 4.75. The van der Waals surface area contributed by atoms with Crippen molar-refractivity contribution in [3.05, 3.63) is 0 Å². The van der Waals surface area contributed by atoms with Crippen molar-refractivity contribution >= 4 is 16.0 Å². The first kappa shape index (κ1) is 17.3. The molecule has 108 valence electrons. The minimum atomic E-state index is -3.38. The van der Waals surface area contributed by atoms with Crippen molar-refractivity contribution < 1.29 is 23.1 Å². The smallest absolute Gasteiger partial charge is 0.303 e. The van der Waals surface area contributed by atoms with Gasteiger partial charge in [-0.2, -0.15) is 0 Å². The third-order valence-electron chi connectivity index (χ3n) is 2.42. The van der Waals surface area contributed by atoms with Crippen LogP contribution in [0.25, 0.3) is 0 Å². The summed E-state index contributed by atoms with van der Waals surface area (Å²) in [5.74, 6) is -0.861. The van der Waals surface area contributed by atoms with Crippen LogP contribution in [0.4, 0.5) is 0 Å². The van der Waals surface area contributed by atoms with Crippen LogP contribution in [0.2, 0.25) is 0 Å². The zero-order valence-corrected chi connectivity index (χ0v) is 12.0. The molecule has 0 aromatic carbocycles. The fourth-order valence-electron chi connectivity index (χ4n) is 1.66. The van der Waals surface area contributed by atoms with E-state index in [4.69, 9.17) is 9.84 Å². The number of nitrogens with one attached hydrogen (secondary N) is 1. The van der Waals surface area contributed by atoms with Crippen molar-refractivity contribution in [1.82, 2.24) is 4.72 Å². The third kappa shape index (κ3) is 9.38. The number of carboxylic acids is 1.